The van der Waals surface area contributed by atoms with Gasteiger partial charge in [-0.3, -0.25) is 9.69 Å². The van der Waals surface area contributed by atoms with E-state index in [0.29, 0.717) is 22.8 Å². The lowest BCUT2D eigenvalue weighted by Gasteiger charge is -2.35. The van der Waals surface area contributed by atoms with Crippen LogP contribution in [0.5, 0.6) is 5.75 Å². The summed E-state index contributed by atoms with van der Waals surface area (Å²) in [6, 6.07) is 1.55. The molecule has 1 aromatic carbocycles. The van der Waals surface area contributed by atoms with E-state index >= 15 is 0 Å². The number of carbonyl (C=O) groups excluding carboxylic acids is 1. The highest BCUT2D eigenvalue weighted by Gasteiger charge is 2.52. The fraction of sp³-hybridized carbons (Fsp3) is 0.650. The first-order valence-corrected chi connectivity index (χ1v) is 10.2. The molecule has 152 valence electrons. The van der Waals surface area contributed by atoms with Crippen molar-refractivity contribution in [2.24, 2.45) is 0 Å². The zero-order valence-corrected chi connectivity index (χ0v) is 17.8. The number of aliphatic hydroxyl groups excluding tert-OH is 1. The molecule has 2 heterocycles. The molecule has 2 atom stereocenters. The molecule has 0 bridgehead atoms. The molecular formula is C20H27BClNO5. The van der Waals surface area contributed by atoms with Gasteiger partial charge in [0.15, 0.2) is 12.5 Å². The summed E-state index contributed by atoms with van der Waals surface area (Å²) in [4.78, 5) is 14.8. The molecular weight excluding hydrogens is 380 g/mol. The van der Waals surface area contributed by atoms with E-state index in [4.69, 9.17) is 25.6 Å². The molecule has 1 amide bonds. The Morgan fingerprint density at radius 2 is 1.86 bits per heavy atom. The van der Waals surface area contributed by atoms with Crippen molar-refractivity contribution in [2.75, 3.05) is 6.73 Å². The first kappa shape index (κ1) is 20.0. The predicted molar refractivity (Wildman–Crippen MR) is 107 cm³/mol. The molecule has 1 saturated carbocycles. The van der Waals surface area contributed by atoms with Gasteiger partial charge in [0.1, 0.15) is 0 Å². The largest absolute Gasteiger partial charge is 0.495 e. The summed E-state index contributed by atoms with van der Waals surface area (Å²) in [6.07, 6.45) is 1.86. The van der Waals surface area contributed by atoms with Gasteiger partial charge in [0, 0.05) is 0 Å². The van der Waals surface area contributed by atoms with Crippen molar-refractivity contribution < 1.29 is 23.9 Å². The molecule has 0 radical (unpaired) electrons. The van der Waals surface area contributed by atoms with Gasteiger partial charge in [-0.15, -0.1) is 0 Å². The van der Waals surface area contributed by atoms with Crippen LogP contribution in [-0.4, -0.2) is 53.1 Å². The zero-order valence-electron chi connectivity index (χ0n) is 17.0. The molecule has 1 N–H and O–H groups in total. The lowest BCUT2D eigenvalue weighted by Crippen LogP contribution is -2.49. The minimum absolute atomic E-state index is 0.0998. The minimum atomic E-state index is -0.618. The van der Waals surface area contributed by atoms with Crippen LogP contribution < -0.4 is 10.2 Å². The van der Waals surface area contributed by atoms with Crippen molar-refractivity contribution in [1.29, 1.82) is 0 Å². The monoisotopic (exact) mass is 407 g/mol. The number of fused-ring (bicyclic) bond motifs is 1. The number of halogens is 1. The molecule has 2 aliphatic heterocycles. The quantitative estimate of drug-likeness (QED) is 0.763. The molecule has 2 fully saturated rings. The molecule has 0 aromatic heterocycles. The summed E-state index contributed by atoms with van der Waals surface area (Å²) in [5.41, 5.74) is 0.917. The number of benzene rings is 1. The molecule has 1 saturated heterocycles. The topological polar surface area (TPSA) is 68.2 Å². The van der Waals surface area contributed by atoms with Crippen LogP contribution in [0.3, 0.4) is 0 Å². The third kappa shape index (κ3) is 2.95. The van der Waals surface area contributed by atoms with Crippen molar-refractivity contribution in [3.05, 3.63) is 22.2 Å². The number of amides is 1. The Morgan fingerprint density at radius 1 is 1.21 bits per heavy atom. The fourth-order valence-electron chi connectivity index (χ4n) is 4.14. The highest BCUT2D eigenvalue weighted by molar-refractivity contribution is 6.63. The summed E-state index contributed by atoms with van der Waals surface area (Å²) in [5, 5.41) is 10.6. The van der Waals surface area contributed by atoms with Crippen LogP contribution >= 0.6 is 11.6 Å². The van der Waals surface area contributed by atoms with E-state index in [1.807, 2.05) is 34.6 Å². The third-order valence-corrected chi connectivity index (χ3v) is 7.15. The summed E-state index contributed by atoms with van der Waals surface area (Å²) in [5.74, 6) is 0.222. The van der Waals surface area contributed by atoms with Gasteiger partial charge in [-0.1, -0.05) is 11.6 Å². The van der Waals surface area contributed by atoms with Crippen LogP contribution in [0.15, 0.2) is 6.07 Å². The summed E-state index contributed by atoms with van der Waals surface area (Å²) in [6.45, 7) is 9.92. The Kier molecular flexibility index (Phi) is 4.74. The fourth-order valence-corrected chi connectivity index (χ4v) is 4.40. The summed E-state index contributed by atoms with van der Waals surface area (Å²) >= 11 is 6.58. The van der Waals surface area contributed by atoms with Crippen LogP contribution in [0.1, 0.15) is 62.9 Å². The van der Waals surface area contributed by atoms with Crippen LogP contribution in [0.2, 0.25) is 5.02 Å². The average Bonchev–Trinajstić information content (AvgIpc) is 3.11. The van der Waals surface area contributed by atoms with E-state index in [2.05, 4.69) is 0 Å². The molecule has 28 heavy (non-hydrogen) atoms. The number of carbonyl (C=O) groups is 1. The number of ether oxygens (including phenoxy) is 1. The highest BCUT2D eigenvalue weighted by atomic mass is 35.5. The van der Waals surface area contributed by atoms with E-state index in [0.717, 1.165) is 23.9 Å². The number of aliphatic hydroxyl groups is 1. The third-order valence-electron chi connectivity index (χ3n) is 6.70. The Morgan fingerprint density at radius 3 is 2.43 bits per heavy atom. The van der Waals surface area contributed by atoms with Crippen molar-refractivity contribution in [1.82, 2.24) is 4.90 Å². The van der Waals surface area contributed by atoms with Gasteiger partial charge < -0.3 is 19.2 Å². The second kappa shape index (κ2) is 6.62. The van der Waals surface area contributed by atoms with Crippen molar-refractivity contribution in [3.8, 4) is 5.75 Å². The van der Waals surface area contributed by atoms with E-state index < -0.39 is 24.4 Å². The SMILES string of the molecule is Cc1c(B2OC(C)(C)C(C)(C)O2)cc2c(c1Cl)OCN(C1CCCC1O)C2=O. The summed E-state index contributed by atoms with van der Waals surface area (Å²) < 4.78 is 18.2. The lowest BCUT2D eigenvalue weighted by molar-refractivity contribution is 0.00578. The van der Waals surface area contributed by atoms with E-state index in [1.165, 1.54) is 0 Å². The van der Waals surface area contributed by atoms with Crippen molar-refractivity contribution in [3.63, 3.8) is 0 Å². The molecule has 6 nitrogen and oxygen atoms in total. The molecule has 1 aliphatic carbocycles. The Labute approximate surface area is 171 Å². The molecule has 3 aliphatic rings. The summed E-state index contributed by atoms with van der Waals surface area (Å²) in [7, 11) is -0.618. The van der Waals surface area contributed by atoms with Gasteiger partial charge in [-0.2, -0.15) is 0 Å². The Balaban J connectivity index is 1.72. The Bertz CT molecular complexity index is 811. The van der Waals surface area contributed by atoms with Crippen molar-refractivity contribution in [2.45, 2.75) is 77.2 Å². The smallest absolute Gasteiger partial charge is 0.471 e. The van der Waals surface area contributed by atoms with Crippen LogP contribution in [-0.2, 0) is 9.31 Å². The normalized spacial score (nSPS) is 28.5. The number of hydrogen-bond donors (Lipinski definition) is 1. The maximum absolute atomic E-state index is 13.2. The number of rotatable bonds is 2. The zero-order chi connectivity index (χ0) is 20.4. The van der Waals surface area contributed by atoms with Gasteiger partial charge in [0.25, 0.3) is 5.91 Å². The highest BCUT2D eigenvalue weighted by Crippen LogP contribution is 2.40. The van der Waals surface area contributed by atoms with Gasteiger partial charge in [-0.05, 0) is 71.0 Å². The molecule has 2 unspecified atom stereocenters. The minimum Gasteiger partial charge on any atom is -0.471 e. The second-order valence-electron chi connectivity index (χ2n) is 8.98. The van der Waals surface area contributed by atoms with E-state index in [-0.39, 0.29) is 18.7 Å². The van der Waals surface area contributed by atoms with Crippen LogP contribution in [0, 0.1) is 6.92 Å². The van der Waals surface area contributed by atoms with Gasteiger partial charge in [0.05, 0.1) is 33.9 Å². The maximum Gasteiger partial charge on any atom is 0.495 e. The predicted octanol–water partition coefficient (Wildman–Crippen LogP) is 2.65. The maximum atomic E-state index is 13.2. The first-order chi connectivity index (χ1) is 13.0. The average molecular weight is 408 g/mol. The van der Waals surface area contributed by atoms with Crippen LogP contribution in [0.25, 0.3) is 0 Å². The van der Waals surface area contributed by atoms with Gasteiger partial charge >= 0.3 is 7.12 Å². The second-order valence-corrected chi connectivity index (χ2v) is 9.36. The van der Waals surface area contributed by atoms with Crippen LogP contribution in [0.4, 0.5) is 0 Å². The molecule has 8 heteroatoms. The molecule has 1 aromatic rings. The molecule has 4 rings (SSSR count). The number of nitrogens with zero attached hydrogens (tertiary/aromatic N) is 1. The van der Waals surface area contributed by atoms with Crippen molar-refractivity contribution >= 4 is 30.1 Å². The van der Waals surface area contributed by atoms with Gasteiger partial charge in [0.2, 0.25) is 0 Å². The standard InChI is InChI=1S/C20H27BClNO5/c1-11-13(21-27-19(2,3)20(4,5)28-21)9-12-17(16(11)22)26-10-23(18(12)25)14-7-6-8-15(14)24/h9,14-15,24H,6-8,10H2,1-5H3. The van der Waals surface area contributed by atoms with E-state index in [9.17, 15) is 9.90 Å². The Hall–Kier alpha value is -1.28. The van der Waals surface area contributed by atoms with E-state index in [1.54, 1.807) is 11.0 Å². The molecule has 0 spiro atoms. The lowest BCUT2D eigenvalue weighted by atomic mass is 9.75. The number of hydrogen-bond acceptors (Lipinski definition) is 5. The first-order valence-electron chi connectivity index (χ1n) is 9.84. The van der Waals surface area contributed by atoms with Gasteiger partial charge in [-0.25, -0.2) is 0 Å².